The summed E-state index contributed by atoms with van der Waals surface area (Å²) in [6.45, 7) is 2.95. The summed E-state index contributed by atoms with van der Waals surface area (Å²) < 4.78 is 5.55. The van der Waals surface area contributed by atoms with E-state index in [2.05, 4.69) is 54.8 Å². The summed E-state index contributed by atoms with van der Waals surface area (Å²) in [5, 5.41) is 0. The molecule has 0 amide bonds. The van der Waals surface area contributed by atoms with Crippen LogP contribution in [0.15, 0.2) is 42.5 Å². The molecule has 3 nitrogen and oxygen atoms in total. The third kappa shape index (κ3) is 3.09. The summed E-state index contributed by atoms with van der Waals surface area (Å²) in [5.74, 6) is 6.81. The van der Waals surface area contributed by atoms with Gasteiger partial charge in [-0.25, -0.2) is 0 Å². The number of aryl methyl sites for hydroxylation is 2. The van der Waals surface area contributed by atoms with Crippen molar-refractivity contribution >= 4 is 0 Å². The topological polar surface area (TPSA) is 47.3 Å². The Morgan fingerprint density at radius 1 is 1.24 bits per heavy atom. The van der Waals surface area contributed by atoms with Gasteiger partial charge in [-0.15, -0.1) is 0 Å². The fourth-order valence-electron chi connectivity index (χ4n) is 3.01. The lowest BCUT2D eigenvalue weighted by Gasteiger charge is -2.18. The molecule has 110 valence electrons. The monoisotopic (exact) mass is 282 g/mol. The van der Waals surface area contributed by atoms with E-state index in [1.165, 1.54) is 22.3 Å². The molecule has 21 heavy (non-hydrogen) atoms. The largest absolute Gasteiger partial charge is 0.493 e. The maximum atomic E-state index is 5.76. The zero-order chi connectivity index (χ0) is 14.7. The summed E-state index contributed by atoms with van der Waals surface area (Å²) in [4.78, 5) is 0. The van der Waals surface area contributed by atoms with E-state index in [4.69, 9.17) is 10.6 Å². The second-order valence-electron chi connectivity index (χ2n) is 5.66. The van der Waals surface area contributed by atoms with Crippen molar-refractivity contribution < 1.29 is 4.74 Å². The van der Waals surface area contributed by atoms with Gasteiger partial charge in [0.05, 0.1) is 6.61 Å². The Kier molecular flexibility index (Phi) is 4.23. The van der Waals surface area contributed by atoms with E-state index in [-0.39, 0.29) is 6.04 Å². The number of ether oxygens (including phenoxy) is 1. The second kappa shape index (κ2) is 6.29. The Morgan fingerprint density at radius 3 is 2.90 bits per heavy atom. The maximum Gasteiger partial charge on any atom is 0.122 e. The highest BCUT2D eigenvalue weighted by Crippen LogP contribution is 2.27. The third-order valence-electron chi connectivity index (χ3n) is 4.24. The van der Waals surface area contributed by atoms with Crippen molar-refractivity contribution in [2.45, 2.75) is 32.2 Å². The van der Waals surface area contributed by atoms with E-state index < -0.39 is 0 Å². The van der Waals surface area contributed by atoms with Crippen molar-refractivity contribution in [3.8, 4) is 5.75 Å². The Bertz CT molecular complexity index is 624. The summed E-state index contributed by atoms with van der Waals surface area (Å²) in [6, 6.07) is 15.1. The predicted octanol–water partition coefficient (Wildman–Crippen LogP) is 3.07. The van der Waals surface area contributed by atoms with Gasteiger partial charge < -0.3 is 4.74 Å². The lowest BCUT2D eigenvalue weighted by molar-refractivity contribution is 0.357. The molecule has 1 aliphatic heterocycles. The fraction of sp³-hybridized carbons (Fsp3) is 0.333. The van der Waals surface area contributed by atoms with Gasteiger partial charge >= 0.3 is 0 Å². The van der Waals surface area contributed by atoms with E-state index in [9.17, 15) is 0 Å². The standard InChI is InChI=1S/C18H22N2O/c1-13-4-2-3-5-16(13)17(20-19)8-6-14-7-9-18-15(12-14)10-11-21-18/h2-5,7,9,12,17,20H,6,8,10-11,19H2,1H3. The molecule has 1 aliphatic rings. The zero-order valence-electron chi connectivity index (χ0n) is 12.4. The first-order valence-electron chi connectivity index (χ1n) is 7.54. The minimum atomic E-state index is 0.190. The van der Waals surface area contributed by atoms with Crippen LogP contribution < -0.4 is 16.0 Å². The molecule has 0 saturated heterocycles. The zero-order valence-corrected chi connectivity index (χ0v) is 12.4. The average Bonchev–Trinajstić information content (AvgIpc) is 2.97. The highest BCUT2D eigenvalue weighted by Gasteiger charge is 2.14. The van der Waals surface area contributed by atoms with Crippen molar-refractivity contribution in [2.24, 2.45) is 5.84 Å². The minimum absolute atomic E-state index is 0.190. The minimum Gasteiger partial charge on any atom is -0.493 e. The molecule has 1 heterocycles. The summed E-state index contributed by atoms with van der Waals surface area (Å²) in [7, 11) is 0. The molecule has 2 aromatic carbocycles. The summed E-state index contributed by atoms with van der Waals surface area (Å²) in [5.41, 5.74) is 8.21. The van der Waals surface area contributed by atoms with Gasteiger partial charge in [-0.05, 0) is 48.1 Å². The van der Waals surface area contributed by atoms with Crippen LogP contribution in [-0.2, 0) is 12.8 Å². The van der Waals surface area contributed by atoms with Gasteiger partial charge in [-0.3, -0.25) is 11.3 Å². The van der Waals surface area contributed by atoms with Crippen LogP contribution >= 0.6 is 0 Å². The first-order chi connectivity index (χ1) is 10.3. The van der Waals surface area contributed by atoms with Crippen LogP contribution in [0.3, 0.4) is 0 Å². The van der Waals surface area contributed by atoms with Crippen molar-refractivity contribution in [1.82, 2.24) is 5.43 Å². The molecule has 0 bridgehead atoms. The second-order valence-corrected chi connectivity index (χ2v) is 5.66. The smallest absolute Gasteiger partial charge is 0.122 e. The average molecular weight is 282 g/mol. The van der Waals surface area contributed by atoms with Crippen molar-refractivity contribution in [2.75, 3.05) is 6.61 Å². The molecular formula is C18H22N2O. The van der Waals surface area contributed by atoms with Crippen LogP contribution in [0.4, 0.5) is 0 Å². The first kappa shape index (κ1) is 14.1. The van der Waals surface area contributed by atoms with Gasteiger partial charge in [0.2, 0.25) is 0 Å². The number of rotatable bonds is 5. The SMILES string of the molecule is Cc1ccccc1C(CCc1ccc2c(c1)CCO2)NN. The summed E-state index contributed by atoms with van der Waals surface area (Å²) in [6.07, 6.45) is 3.02. The summed E-state index contributed by atoms with van der Waals surface area (Å²) >= 11 is 0. The molecule has 3 rings (SSSR count). The number of nitrogens with one attached hydrogen (secondary N) is 1. The lowest BCUT2D eigenvalue weighted by Crippen LogP contribution is -2.29. The maximum absolute atomic E-state index is 5.76. The van der Waals surface area contributed by atoms with Crippen LogP contribution in [0.1, 0.15) is 34.7 Å². The van der Waals surface area contributed by atoms with E-state index in [1.54, 1.807) is 0 Å². The molecule has 0 fully saturated rings. The first-order valence-corrected chi connectivity index (χ1v) is 7.54. The van der Waals surface area contributed by atoms with Gasteiger partial charge in [0.15, 0.2) is 0 Å². The number of benzene rings is 2. The normalized spacial score (nSPS) is 14.6. The molecule has 3 heteroatoms. The van der Waals surface area contributed by atoms with Gasteiger partial charge in [0, 0.05) is 12.5 Å². The van der Waals surface area contributed by atoms with Crippen LogP contribution in [0.2, 0.25) is 0 Å². The third-order valence-corrected chi connectivity index (χ3v) is 4.24. The number of hydrogen-bond donors (Lipinski definition) is 2. The highest BCUT2D eigenvalue weighted by atomic mass is 16.5. The van der Waals surface area contributed by atoms with Gasteiger partial charge in [0.1, 0.15) is 5.75 Å². The Balaban J connectivity index is 1.70. The van der Waals surface area contributed by atoms with E-state index in [0.29, 0.717) is 0 Å². The number of fused-ring (bicyclic) bond motifs is 1. The molecule has 1 unspecified atom stereocenters. The van der Waals surface area contributed by atoms with Crippen LogP contribution in [-0.4, -0.2) is 6.61 Å². The van der Waals surface area contributed by atoms with E-state index >= 15 is 0 Å². The molecule has 0 spiro atoms. The lowest BCUT2D eigenvalue weighted by atomic mass is 9.95. The molecule has 1 atom stereocenters. The molecule has 0 aromatic heterocycles. The Labute approximate surface area is 126 Å². The number of nitrogens with two attached hydrogens (primary N) is 1. The quantitative estimate of drug-likeness (QED) is 0.654. The van der Waals surface area contributed by atoms with Crippen LogP contribution in [0.5, 0.6) is 5.75 Å². The predicted molar refractivity (Wildman–Crippen MR) is 85.2 cm³/mol. The van der Waals surface area contributed by atoms with Gasteiger partial charge in [0.25, 0.3) is 0 Å². The van der Waals surface area contributed by atoms with E-state index in [1.807, 2.05) is 0 Å². The molecule has 3 N–H and O–H groups in total. The van der Waals surface area contributed by atoms with Crippen molar-refractivity contribution in [1.29, 1.82) is 0 Å². The van der Waals surface area contributed by atoms with Gasteiger partial charge in [-0.1, -0.05) is 36.4 Å². The molecular weight excluding hydrogens is 260 g/mol. The Hall–Kier alpha value is -1.84. The molecule has 2 aromatic rings. The highest BCUT2D eigenvalue weighted by molar-refractivity contribution is 5.40. The number of hydrogen-bond acceptors (Lipinski definition) is 3. The van der Waals surface area contributed by atoms with Crippen molar-refractivity contribution in [3.05, 3.63) is 64.7 Å². The fourth-order valence-corrected chi connectivity index (χ4v) is 3.01. The molecule has 0 saturated carbocycles. The molecule has 0 radical (unpaired) electrons. The van der Waals surface area contributed by atoms with E-state index in [0.717, 1.165) is 31.6 Å². The Morgan fingerprint density at radius 2 is 2.10 bits per heavy atom. The molecule has 0 aliphatic carbocycles. The van der Waals surface area contributed by atoms with Crippen molar-refractivity contribution in [3.63, 3.8) is 0 Å². The van der Waals surface area contributed by atoms with Crippen LogP contribution in [0, 0.1) is 6.92 Å². The van der Waals surface area contributed by atoms with Crippen LogP contribution in [0.25, 0.3) is 0 Å². The number of hydrazine groups is 1. The van der Waals surface area contributed by atoms with Gasteiger partial charge in [-0.2, -0.15) is 0 Å².